The third-order valence-corrected chi connectivity index (χ3v) is 7.30. The van der Waals surface area contributed by atoms with E-state index in [1.807, 2.05) is 25.1 Å². The average molecular weight is 458 g/mol. The number of hydrogen-bond acceptors (Lipinski definition) is 5. The van der Waals surface area contributed by atoms with Crippen molar-refractivity contribution in [2.24, 2.45) is 0 Å². The van der Waals surface area contributed by atoms with Gasteiger partial charge in [0.05, 0.1) is 24.7 Å². The largest absolute Gasteiger partial charge is 0.376 e. The van der Waals surface area contributed by atoms with Gasteiger partial charge in [0.2, 0.25) is 10.0 Å². The minimum atomic E-state index is -3.34. The molecule has 2 aromatic carbocycles. The molecule has 0 spiro atoms. The van der Waals surface area contributed by atoms with Gasteiger partial charge in [-0.05, 0) is 55.2 Å². The Hall–Kier alpha value is -2.42. The summed E-state index contributed by atoms with van der Waals surface area (Å²) in [5.74, 6) is -0.161. The molecule has 0 aromatic heterocycles. The van der Waals surface area contributed by atoms with Gasteiger partial charge in [0.1, 0.15) is 0 Å². The molecule has 0 radical (unpaired) electrons. The summed E-state index contributed by atoms with van der Waals surface area (Å²) < 4.78 is 31.2. The topological polar surface area (TPSA) is 79.0 Å². The molecule has 8 heteroatoms. The molecular formula is C24H31N3O4S. The molecule has 1 amide bonds. The number of sulfonamides is 1. The SMILES string of the molecule is CC1CN(Cc2cccc(CNC(=O)c3ccc4c(c3)CC(C)N4S(C)(=O)=O)c2)CCO1. The predicted molar refractivity (Wildman–Crippen MR) is 125 cm³/mol. The molecule has 4 rings (SSSR count). The first-order valence-corrected chi connectivity index (χ1v) is 12.9. The maximum atomic E-state index is 12.8. The molecule has 1 N–H and O–H groups in total. The second-order valence-electron chi connectivity index (χ2n) is 8.87. The minimum absolute atomic E-state index is 0.143. The van der Waals surface area contributed by atoms with Gasteiger partial charge in [0, 0.05) is 37.8 Å². The fourth-order valence-electron chi connectivity index (χ4n) is 4.66. The van der Waals surface area contributed by atoms with E-state index in [2.05, 4.69) is 29.3 Å². The molecular weight excluding hydrogens is 426 g/mol. The molecule has 2 aliphatic rings. The van der Waals surface area contributed by atoms with E-state index in [0.717, 1.165) is 37.4 Å². The van der Waals surface area contributed by atoms with Crippen molar-refractivity contribution in [2.75, 3.05) is 30.3 Å². The number of benzene rings is 2. The number of fused-ring (bicyclic) bond motifs is 1. The van der Waals surface area contributed by atoms with Crippen molar-refractivity contribution < 1.29 is 17.9 Å². The molecule has 32 heavy (non-hydrogen) atoms. The number of amides is 1. The smallest absolute Gasteiger partial charge is 0.251 e. The van der Waals surface area contributed by atoms with Crippen LogP contribution < -0.4 is 9.62 Å². The number of carbonyl (C=O) groups is 1. The number of nitrogens with one attached hydrogen (secondary N) is 1. The van der Waals surface area contributed by atoms with Gasteiger partial charge in [-0.1, -0.05) is 24.3 Å². The molecule has 2 aromatic rings. The van der Waals surface area contributed by atoms with Crippen LogP contribution in [0.4, 0.5) is 5.69 Å². The monoisotopic (exact) mass is 457 g/mol. The quantitative estimate of drug-likeness (QED) is 0.721. The summed E-state index contributed by atoms with van der Waals surface area (Å²) in [5, 5.41) is 2.99. The van der Waals surface area contributed by atoms with Crippen LogP contribution in [0.2, 0.25) is 0 Å². The summed E-state index contributed by atoms with van der Waals surface area (Å²) in [7, 11) is -3.34. The molecule has 1 saturated heterocycles. The normalized spacial score (nSPS) is 21.4. The third-order valence-electron chi connectivity index (χ3n) is 6.03. The molecule has 0 saturated carbocycles. The summed E-state index contributed by atoms with van der Waals surface area (Å²) in [4.78, 5) is 15.1. The lowest BCUT2D eigenvalue weighted by Crippen LogP contribution is -2.40. The standard InChI is InChI=1S/C24H31N3O4S/c1-17-11-22-13-21(7-8-23(22)27(17)32(3,29)30)24(28)25-14-19-5-4-6-20(12-19)16-26-9-10-31-18(2)15-26/h4-8,12-13,17-18H,9-11,14-16H2,1-3H3,(H,25,28). The van der Waals surface area contributed by atoms with Crippen LogP contribution in [0.25, 0.3) is 0 Å². The van der Waals surface area contributed by atoms with E-state index in [4.69, 9.17) is 4.74 Å². The maximum absolute atomic E-state index is 12.8. The van der Waals surface area contributed by atoms with Gasteiger partial charge in [-0.2, -0.15) is 0 Å². The van der Waals surface area contributed by atoms with Crippen LogP contribution in [0.3, 0.4) is 0 Å². The lowest BCUT2D eigenvalue weighted by atomic mass is 10.1. The molecule has 0 bridgehead atoms. The molecule has 7 nitrogen and oxygen atoms in total. The number of morpholine rings is 1. The minimum Gasteiger partial charge on any atom is -0.376 e. The zero-order valence-electron chi connectivity index (χ0n) is 18.9. The van der Waals surface area contributed by atoms with Gasteiger partial charge >= 0.3 is 0 Å². The molecule has 1 fully saturated rings. The van der Waals surface area contributed by atoms with Gasteiger partial charge in [0.25, 0.3) is 5.91 Å². The summed E-state index contributed by atoms with van der Waals surface area (Å²) in [6, 6.07) is 13.4. The van der Waals surface area contributed by atoms with Crippen LogP contribution in [0, 0.1) is 0 Å². The Morgan fingerprint density at radius 3 is 2.69 bits per heavy atom. The van der Waals surface area contributed by atoms with E-state index in [9.17, 15) is 13.2 Å². The lowest BCUT2D eigenvalue weighted by molar-refractivity contribution is -0.0212. The van der Waals surface area contributed by atoms with Crippen LogP contribution in [-0.4, -0.2) is 57.3 Å². The predicted octanol–water partition coefficient (Wildman–Crippen LogP) is 2.55. The number of anilines is 1. The van der Waals surface area contributed by atoms with Gasteiger partial charge < -0.3 is 10.1 Å². The zero-order chi connectivity index (χ0) is 22.9. The van der Waals surface area contributed by atoms with Crippen molar-refractivity contribution in [1.29, 1.82) is 0 Å². The third kappa shape index (κ3) is 5.14. The zero-order valence-corrected chi connectivity index (χ0v) is 19.7. The van der Waals surface area contributed by atoms with Crippen LogP contribution in [0.5, 0.6) is 0 Å². The van der Waals surface area contributed by atoms with Gasteiger partial charge in [-0.15, -0.1) is 0 Å². The van der Waals surface area contributed by atoms with E-state index < -0.39 is 10.0 Å². The second kappa shape index (κ2) is 9.21. The highest BCUT2D eigenvalue weighted by Gasteiger charge is 2.32. The Morgan fingerprint density at radius 2 is 1.94 bits per heavy atom. The Labute approximate surface area is 190 Å². The number of carbonyl (C=O) groups excluding carboxylic acids is 1. The fraction of sp³-hybridized carbons (Fsp3) is 0.458. The Kier molecular flexibility index (Phi) is 6.55. The number of ether oxygens (including phenoxy) is 1. The molecule has 172 valence electrons. The van der Waals surface area contributed by atoms with Gasteiger partial charge in [-0.3, -0.25) is 14.0 Å². The van der Waals surface area contributed by atoms with E-state index >= 15 is 0 Å². The number of nitrogens with zero attached hydrogens (tertiary/aromatic N) is 2. The Bertz CT molecular complexity index is 1100. The molecule has 0 aliphatic carbocycles. The molecule has 2 aliphatic heterocycles. The molecule has 2 unspecified atom stereocenters. The van der Waals surface area contributed by atoms with Crippen LogP contribution in [0.1, 0.15) is 40.9 Å². The van der Waals surface area contributed by atoms with Crippen molar-refractivity contribution in [1.82, 2.24) is 10.2 Å². The van der Waals surface area contributed by atoms with E-state index in [1.54, 1.807) is 12.1 Å². The van der Waals surface area contributed by atoms with Crippen molar-refractivity contribution in [2.45, 2.75) is 45.5 Å². The Morgan fingerprint density at radius 1 is 1.16 bits per heavy atom. The first-order valence-electron chi connectivity index (χ1n) is 11.0. The molecule has 2 heterocycles. The maximum Gasteiger partial charge on any atom is 0.251 e. The van der Waals surface area contributed by atoms with Crippen LogP contribution >= 0.6 is 0 Å². The first kappa shape index (κ1) is 22.8. The highest BCUT2D eigenvalue weighted by atomic mass is 32.2. The fourth-order valence-corrected chi connectivity index (χ4v) is 5.93. The number of hydrogen-bond donors (Lipinski definition) is 1. The first-order chi connectivity index (χ1) is 15.2. The van der Waals surface area contributed by atoms with Crippen molar-refractivity contribution in [3.8, 4) is 0 Å². The van der Waals surface area contributed by atoms with Gasteiger partial charge in [-0.25, -0.2) is 8.42 Å². The summed E-state index contributed by atoms with van der Waals surface area (Å²) in [6.45, 7) is 7.90. The number of rotatable bonds is 6. The Balaban J connectivity index is 1.39. The second-order valence-corrected chi connectivity index (χ2v) is 10.7. The van der Waals surface area contributed by atoms with E-state index in [1.165, 1.54) is 16.1 Å². The summed E-state index contributed by atoms with van der Waals surface area (Å²) >= 11 is 0. The van der Waals surface area contributed by atoms with Crippen molar-refractivity contribution >= 4 is 21.6 Å². The van der Waals surface area contributed by atoms with Crippen molar-refractivity contribution in [3.63, 3.8) is 0 Å². The average Bonchev–Trinajstić information content (AvgIpc) is 3.07. The van der Waals surface area contributed by atoms with E-state index in [0.29, 0.717) is 24.2 Å². The molecule has 2 atom stereocenters. The van der Waals surface area contributed by atoms with Gasteiger partial charge in [0.15, 0.2) is 0 Å². The highest BCUT2D eigenvalue weighted by molar-refractivity contribution is 7.92. The lowest BCUT2D eigenvalue weighted by Gasteiger charge is -2.31. The highest BCUT2D eigenvalue weighted by Crippen LogP contribution is 2.34. The van der Waals surface area contributed by atoms with Crippen LogP contribution in [0.15, 0.2) is 42.5 Å². The van der Waals surface area contributed by atoms with Crippen LogP contribution in [-0.2, 0) is 34.3 Å². The summed E-state index contributed by atoms with van der Waals surface area (Å²) in [6.07, 6.45) is 2.07. The van der Waals surface area contributed by atoms with Crippen molar-refractivity contribution in [3.05, 3.63) is 64.7 Å². The summed E-state index contributed by atoms with van der Waals surface area (Å²) in [5.41, 5.74) is 4.37. The van der Waals surface area contributed by atoms with E-state index in [-0.39, 0.29) is 18.1 Å².